The van der Waals surface area contributed by atoms with Gasteiger partial charge < -0.3 is 14.8 Å². The van der Waals surface area contributed by atoms with Crippen LogP contribution in [0.3, 0.4) is 0 Å². The van der Waals surface area contributed by atoms with Crippen LogP contribution in [0.25, 0.3) is 0 Å². The summed E-state index contributed by atoms with van der Waals surface area (Å²) in [4.78, 5) is 31.7. The van der Waals surface area contributed by atoms with Crippen molar-refractivity contribution < 1.29 is 32.2 Å². The lowest BCUT2D eigenvalue weighted by Gasteiger charge is -2.34. The van der Waals surface area contributed by atoms with Crippen molar-refractivity contribution in [3.05, 3.63) is 47.4 Å². The molecular weight excluding hydrogens is 451 g/mol. The Hall–Kier alpha value is -3.14. The maximum absolute atomic E-state index is 15.2. The zero-order valence-corrected chi connectivity index (χ0v) is 19.2. The monoisotopic (exact) mass is 477 g/mol. The van der Waals surface area contributed by atoms with E-state index in [0.29, 0.717) is 31.6 Å². The van der Waals surface area contributed by atoms with E-state index >= 15 is 4.39 Å². The average Bonchev–Trinajstić information content (AvgIpc) is 2.96. The first-order valence-electron chi connectivity index (χ1n) is 11.0. The molecule has 4 rings (SSSR count). The second-order valence-corrected chi connectivity index (χ2v) is 9.29. The first-order chi connectivity index (χ1) is 16.0. The molecule has 34 heavy (non-hydrogen) atoms. The molecule has 1 saturated heterocycles. The summed E-state index contributed by atoms with van der Waals surface area (Å²) in [5.41, 5.74) is -1.05. The molecule has 0 unspecified atom stereocenters. The SMILES string of the molecule is CC1(NC(=O)c2cc3c(cc2F)N(c2cc(OCC(F)F)ccn2)C(=O)C3(C)C)CCOCC1. The van der Waals surface area contributed by atoms with E-state index in [9.17, 15) is 18.4 Å². The van der Waals surface area contributed by atoms with E-state index < -0.39 is 41.6 Å². The topological polar surface area (TPSA) is 80.8 Å². The molecule has 1 aromatic heterocycles. The number of alkyl halides is 2. The summed E-state index contributed by atoms with van der Waals surface area (Å²) in [5.74, 6) is -1.53. The Bertz CT molecular complexity index is 1120. The average molecular weight is 477 g/mol. The molecule has 0 bridgehead atoms. The van der Waals surface area contributed by atoms with Gasteiger partial charge in [0.05, 0.1) is 16.7 Å². The lowest BCUT2D eigenvalue weighted by molar-refractivity contribution is -0.121. The van der Waals surface area contributed by atoms with Gasteiger partial charge in [-0.3, -0.25) is 14.5 Å². The van der Waals surface area contributed by atoms with Gasteiger partial charge in [0.15, 0.2) is 0 Å². The molecule has 1 aromatic carbocycles. The number of carbonyl (C=O) groups is 2. The number of aromatic nitrogens is 1. The number of rotatable bonds is 6. The van der Waals surface area contributed by atoms with Gasteiger partial charge in [0.25, 0.3) is 12.3 Å². The Balaban J connectivity index is 1.68. The Morgan fingerprint density at radius 1 is 1.24 bits per heavy atom. The van der Waals surface area contributed by atoms with Crippen LogP contribution in [0.1, 0.15) is 49.5 Å². The van der Waals surface area contributed by atoms with Crippen LogP contribution in [0.15, 0.2) is 30.5 Å². The molecule has 1 N–H and O–H groups in total. The first kappa shape index (κ1) is 24.0. The van der Waals surface area contributed by atoms with Crippen LogP contribution in [0.4, 0.5) is 24.7 Å². The maximum Gasteiger partial charge on any atom is 0.272 e. The minimum absolute atomic E-state index is 0.102. The number of nitrogens with zero attached hydrogens (tertiary/aromatic N) is 2. The van der Waals surface area contributed by atoms with Crippen LogP contribution in [0, 0.1) is 5.82 Å². The van der Waals surface area contributed by atoms with Gasteiger partial charge >= 0.3 is 0 Å². The molecular formula is C24H26F3N3O4. The Morgan fingerprint density at radius 3 is 2.62 bits per heavy atom. The van der Waals surface area contributed by atoms with Crippen LogP contribution in [0.2, 0.25) is 0 Å². The summed E-state index contributed by atoms with van der Waals surface area (Å²) < 4.78 is 50.6. The van der Waals surface area contributed by atoms with Gasteiger partial charge in [-0.15, -0.1) is 0 Å². The number of halogens is 3. The van der Waals surface area contributed by atoms with Crippen molar-refractivity contribution in [3.63, 3.8) is 0 Å². The number of hydrogen-bond acceptors (Lipinski definition) is 5. The van der Waals surface area contributed by atoms with Crippen LogP contribution in [-0.4, -0.2) is 48.6 Å². The van der Waals surface area contributed by atoms with Crippen LogP contribution >= 0.6 is 0 Å². The van der Waals surface area contributed by atoms with Crippen molar-refractivity contribution in [1.29, 1.82) is 0 Å². The number of fused-ring (bicyclic) bond motifs is 1. The first-order valence-corrected chi connectivity index (χ1v) is 11.0. The fourth-order valence-electron chi connectivity index (χ4n) is 4.21. The van der Waals surface area contributed by atoms with E-state index in [1.165, 1.54) is 29.3 Å². The van der Waals surface area contributed by atoms with Crippen molar-refractivity contribution in [2.45, 2.75) is 51.0 Å². The molecule has 10 heteroatoms. The van der Waals surface area contributed by atoms with Crippen molar-refractivity contribution >= 4 is 23.3 Å². The van der Waals surface area contributed by atoms with Gasteiger partial charge in [-0.1, -0.05) is 0 Å². The highest BCUT2D eigenvalue weighted by molar-refractivity contribution is 6.12. The molecule has 2 aliphatic heterocycles. The normalized spacial score (nSPS) is 18.7. The molecule has 2 aliphatic rings. The molecule has 1 fully saturated rings. The number of nitrogens with one attached hydrogen (secondary N) is 1. The van der Waals surface area contributed by atoms with Crippen LogP contribution in [0.5, 0.6) is 5.75 Å². The molecule has 0 saturated carbocycles. The largest absolute Gasteiger partial charge is 0.487 e. The minimum Gasteiger partial charge on any atom is -0.487 e. The number of pyridine rings is 1. The molecule has 0 radical (unpaired) electrons. The quantitative estimate of drug-likeness (QED) is 0.677. The highest BCUT2D eigenvalue weighted by Gasteiger charge is 2.46. The second-order valence-electron chi connectivity index (χ2n) is 9.29. The van der Waals surface area contributed by atoms with E-state index in [1.807, 2.05) is 6.92 Å². The minimum atomic E-state index is -2.66. The van der Waals surface area contributed by atoms with E-state index in [2.05, 4.69) is 10.3 Å². The van der Waals surface area contributed by atoms with Gasteiger partial charge in [0.1, 0.15) is 24.0 Å². The number of hydrogen-bond donors (Lipinski definition) is 1. The highest BCUT2D eigenvalue weighted by Crippen LogP contribution is 2.46. The summed E-state index contributed by atoms with van der Waals surface area (Å²) >= 11 is 0. The standard InChI is InChI=1S/C24H26F3N3O4/c1-23(2)16-11-15(21(31)29-24(3)5-8-33-9-6-24)17(25)12-18(16)30(22(23)32)20-10-14(4-7-28-20)34-13-19(26)27/h4,7,10-12,19H,5-6,8-9,13H2,1-3H3,(H,29,31). The number of amides is 2. The van der Waals surface area contributed by atoms with Crippen molar-refractivity contribution in [3.8, 4) is 5.75 Å². The predicted octanol–water partition coefficient (Wildman–Crippen LogP) is 4.12. The number of benzene rings is 1. The van der Waals surface area contributed by atoms with Gasteiger partial charge in [0.2, 0.25) is 5.91 Å². The second kappa shape index (κ2) is 8.90. The number of carbonyl (C=O) groups excluding carboxylic acids is 2. The molecule has 182 valence electrons. The smallest absolute Gasteiger partial charge is 0.272 e. The van der Waals surface area contributed by atoms with Crippen LogP contribution < -0.4 is 15.0 Å². The van der Waals surface area contributed by atoms with Crippen molar-refractivity contribution in [1.82, 2.24) is 10.3 Å². The lowest BCUT2D eigenvalue weighted by atomic mass is 9.85. The third-order valence-electron chi connectivity index (χ3n) is 6.32. The number of ether oxygens (including phenoxy) is 2. The Labute approximate surface area is 195 Å². The molecule has 0 atom stereocenters. The summed E-state index contributed by atoms with van der Waals surface area (Å²) in [5, 5.41) is 2.91. The molecule has 2 aromatic rings. The molecule has 3 heterocycles. The van der Waals surface area contributed by atoms with Gasteiger partial charge in [-0.2, -0.15) is 0 Å². The zero-order valence-electron chi connectivity index (χ0n) is 19.2. The summed E-state index contributed by atoms with van der Waals surface area (Å²) in [6.45, 7) is 5.44. The zero-order chi connectivity index (χ0) is 24.7. The molecule has 2 amide bonds. The summed E-state index contributed by atoms with van der Waals surface area (Å²) in [7, 11) is 0. The van der Waals surface area contributed by atoms with Gasteiger partial charge in [-0.25, -0.2) is 18.2 Å². The maximum atomic E-state index is 15.2. The lowest BCUT2D eigenvalue weighted by Crippen LogP contribution is -2.49. The van der Waals surface area contributed by atoms with Gasteiger partial charge in [-0.05, 0) is 57.4 Å². The Kier molecular flexibility index (Phi) is 6.28. The molecule has 7 nitrogen and oxygen atoms in total. The molecule has 0 aliphatic carbocycles. The number of anilines is 2. The van der Waals surface area contributed by atoms with Crippen molar-refractivity contribution in [2.75, 3.05) is 24.7 Å². The van der Waals surface area contributed by atoms with E-state index in [-0.39, 0.29) is 22.8 Å². The summed E-state index contributed by atoms with van der Waals surface area (Å²) in [6, 6.07) is 5.27. The van der Waals surface area contributed by atoms with Crippen LogP contribution in [-0.2, 0) is 14.9 Å². The fraction of sp³-hybridized carbons (Fsp3) is 0.458. The summed E-state index contributed by atoms with van der Waals surface area (Å²) in [6.07, 6.45) is -0.120. The molecule has 0 spiro atoms. The highest BCUT2D eigenvalue weighted by atomic mass is 19.3. The van der Waals surface area contributed by atoms with Crippen molar-refractivity contribution in [2.24, 2.45) is 0 Å². The van der Waals surface area contributed by atoms with E-state index in [0.717, 1.165) is 6.07 Å². The van der Waals surface area contributed by atoms with Gasteiger partial charge in [0, 0.05) is 31.0 Å². The third-order valence-corrected chi connectivity index (χ3v) is 6.32. The van der Waals surface area contributed by atoms with E-state index in [1.54, 1.807) is 13.8 Å². The fourth-order valence-corrected chi connectivity index (χ4v) is 4.21. The predicted molar refractivity (Wildman–Crippen MR) is 118 cm³/mol. The Morgan fingerprint density at radius 2 is 1.94 bits per heavy atom. The third kappa shape index (κ3) is 4.46. The van der Waals surface area contributed by atoms with E-state index in [4.69, 9.17) is 9.47 Å².